The molecule has 1 aliphatic carbocycles. The predicted molar refractivity (Wildman–Crippen MR) is 88.1 cm³/mol. The van der Waals surface area contributed by atoms with Crippen LogP contribution in [0.1, 0.15) is 25.7 Å². The molecule has 23 heavy (non-hydrogen) atoms. The van der Waals surface area contributed by atoms with E-state index in [9.17, 15) is 5.11 Å². The lowest BCUT2D eigenvalue weighted by molar-refractivity contribution is 0.126. The van der Waals surface area contributed by atoms with Gasteiger partial charge in [-0.2, -0.15) is 0 Å². The van der Waals surface area contributed by atoms with Crippen molar-refractivity contribution in [3.8, 4) is 11.3 Å². The number of hydrogen-bond acceptors (Lipinski definition) is 5. The molecule has 0 aromatic carbocycles. The number of rotatable bonds is 3. The first-order valence-corrected chi connectivity index (χ1v) is 7.99. The first-order valence-electron chi connectivity index (χ1n) is 7.99. The van der Waals surface area contributed by atoms with Gasteiger partial charge in [-0.05, 0) is 49.9 Å². The average Bonchev–Trinajstić information content (AvgIpc) is 3.01. The highest BCUT2D eigenvalue weighted by atomic mass is 16.3. The highest BCUT2D eigenvalue weighted by Crippen LogP contribution is 2.23. The molecule has 6 heteroatoms. The number of aromatic nitrogens is 4. The molecule has 1 aliphatic rings. The maximum atomic E-state index is 9.61. The quantitative estimate of drug-likeness (QED) is 0.777. The first kappa shape index (κ1) is 14.1. The van der Waals surface area contributed by atoms with Crippen LogP contribution in [-0.2, 0) is 0 Å². The van der Waals surface area contributed by atoms with Crippen LogP contribution in [-0.4, -0.2) is 36.8 Å². The van der Waals surface area contributed by atoms with Crippen LogP contribution in [0.5, 0.6) is 0 Å². The number of fused-ring (bicyclic) bond motifs is 1. The Morgan fingerprint density at radius 1 is 1.04 bits per heavy atom. The van der Waals surface area contributed by atoms with Crippen molar-refractivity contribution < 1.29 is 5.11 Å². The molecular formula is C17H19N5O. The molecular weight excluding hydrogens is 290 g/mol. The van der Waals surface area contributed by atoms with Gasteiger partial charge >= 0.3 is 0 Å². The number of aliphatic hydroxyl groups is 1. The zero-order valence-electron chi connectivity index (χ0n) is 12.8. The Morgan fingerprint density at radius 2 is 1.83 bits per heavy atom. The van der Waals surface area contributed by atoms with Gasteiger partial charge in [0.1, 0.15) is 5.82 Å². The van der Waals surface area contributed by atoms with Crippen LogP contribution in [0.25, 0.3) is 16.9 Å². The van der Waals surface area contributed by atoms with E-state index in [-0.39, 0.29) is 6.10 Å². The zero-order valence-corrected chi connectivity index (χ0v) is 12.8. The second kappa shape index (κ2) is 5.96. The van der Waals surface area contributed by atoms with Crippen molar-refractivity contribution in [2.24, 2.45) is 0 Å². The van der Waals surface area contributed by atoms with Crippen molar-refractivity contribution in [1.82, 2.24) is 19.6 Å². The number of imidazole rings is 1. The minimum Gasteiger partial charge on any atom is -0.393 e. The lowest BCUT2D eigenvalue weighted by Crippen LogP contribution is -2.28. The Labute approximate surface area is 134 Å². The van der Waals surface area contributed by atoms with Gasteiger partial charge in [-0.3, -0.25) is 4.98 Å². The third-order valence-electron chi connectivity index (χ3n) is 4.39. The van der Waals surface area contributed by atoms with E-state index in [1.165, 1.54) is 0 Å². The highest BCUT2D eigenvalue weighted by Gasteiger charge is 2.19. The van der Waals surface area contributed by atoms with E-state index in [0.717, 1.165) is 48.4 Å². The van der Waals surface area contributed by atoms with Gasteiger partial charge in [-0.25, -0.2) is 9.50 Å². The first-order chi connectivity index (χ1) is 11.3. The molecule has 0 spiro atoms. The van der Waals surface area contributed by atoms with Gasteiger partial charge in [0.25, 0.3) is 0 Å². The fourth-order valence-electron chi connectivity index (χ4n) is 3.10. The number of aliphatic hydroxyl groups excluding tert-OH is 1. The van der Waals surface area contributed by atoms with Gasteiger partial charge < -0.3 is 10.4 Å². The van der Waals surface area contributed by atoms with Crippen LogP contribution in [0.15, 0.2) is 42.9 Å². The van der Waals surface area contributed by atoms with Crippen molar-refractivity contribution >= 4 is 11.5 Å². The molecule has 0 amide bonds. The summed E-state index contributed by atoms with van der Waals surface area (Å²) in [5.41, 5.74) is 2.81. The number of nitrogens with one attached hydrogen (secondary N) is 1. The summed E-state index contributed by atoms with van der Waals surface area (Å²) in [5, 5.41) is 17.8. The van der Waals surface area contributed by atoms with Crippen molar-refractivity contribution in [2.45, 2.75) is 37.8 Å². The minimum absolute atomic E-state index is 0.143. The van der Waals surface area contributed by atoms with Crippen LogP contribution >= 0.6 is 0 Å². The molecule has 0 aliphatic heterocycles. The van der Waals surface area contributed by atoms with Gasteiger partial charge in [0.2, 0.25) is 0 Å². The van der Waals surface area contributed by atoms with E-state index in [1.54, 1.807) is 12.4 Å². The molecule has 3 aromatic rings. The molecule has 3 aromatic heterocycles. The predicted octanol–water partition coefficient (Wildman–Crippen LogP) is 2.51. The van der Waals surface area contributed by atoms with Crippen LogP contribution in [0.4, 0.5) is 5.82 Å². The molecule has 1 saturated carbocycles. The summed E-state index contributed by atoms with van der Waals surface area (Å²) in [6.45, 7) is 0. The molecule has 118 valence electrons. The Bertz CT molecular complexity index is 793. The summed E-state index contributed by atoms with van der Waals surface area (Å²) in [4.78, 5) is 8.47. The van der Waals surface area contributed by atoms with Crippen LogP contribution in [0.2, 0.25) is 0 Å². The largest absolute Gasteiger partial charge is 0.393 e. The average molecular weight is 309 g/mol. The summed E-state index contributed by atoms with van der Waals surface area (Å²) in [5.74, 6) is 0.840. The Morgan fingerprint density at radius 3 is 2.61 bits per heavy atom. The van der Waals surface area contributed by atoms with E-state index in [4.69, 9.17) is 0 Å². The number of nitrogens with zero attached hydrogens (tertiary/aromatic N) is 4. The van der Waals surface area contributed by atoms with E-state index in [0.29, 0.717) is 6.04 Å². The summed E-state index contributed by atoms with van der Waals surface area (Å²) in [6, 6.07) is 8.21. The lowest BCUT2D eigenvalue weighted by atomic mass is 9.93. The van der Waals surface area contributed by atoms with Gasteiger partial charge in [0.05, 0.1) is 18.0 Å². The number of pyridine rings is 1. The summed E-state index contributed by atoms with van der Waals surface area (Å²) < 4.78 is 1.86. The molecule has 0 radical (unpaired) electrons. The molecule has 6 nitrogen and oxygen atoms in total. The Hall–Kier alpha value is -2.47. The third-order valence-corrected chi connectivity index (χ3v) is 4.39. The van der Waals surface area contributed by atoms with Crippen molar-refractivity contribution in [3.05, 3.63) is 42.9 Å². The normalized spacial score (nSPS) is 21.4. The maximum absolute atomic E-state index is 9.61. The maximum Gasteiger partial charge on any atom is 0.154 e. The molecule has 3 heterocycles. The minimum atomic E-state index is -0.143. The highest BCUT2D eigenvalue weighted by molar-refractivity contribution is 5.63. The standard InChI is InChI=1S/C17H19N5O/c23-14-3-1-13(2-4-14)20-16-5-6-17-19-11-15(22(17)21-16)12-7-9-18-10-8-12/h5-11,13-14,23H,1-4H2,(H,20,21)/t13-,14+. The van der Waals surface area contributed by atoms with Gasteiger partial charge in [-0.1, -0.05) is 0 Å². The number of hydrogen-bond donors (Lipinski definition) is 2. The van der Waals surface area contributed by atoms with Gasteiger partial charge in [0.15, 0.2) is 5.65 Å². The Kier molecular flexibility index (Phi) is 3.67. The summed E-state index contributed by atoms with van der Waals surface area (Å²) in [6.07, 6.45) is 8.88. The van der Waals surface area contributed by atoms with Crippen molar-refractivity contribution in [2.75, 3.05) is 5.32 Å². The van der Waals surface area contributed by atoms with E-state index in [2.05, 4.69) is 20.4 Å². The second-order valence-electron chi connectivity index (χ2n) is 6.02. The van der Waals surface area contributed by atoms with Crippen LogP contribution in [0, 0.1) is 0 Å². The molecule has 0 atom stereocenters. The molecule has 4 rings (SSSR count). The van der Waals surface area contributed by atoms with E-state index < -0.39 is 0 Å². The second-order valence-corrected chi connectivity index (χ2v) is 6.02. The van der Waals surface area contributed by atoms with E-state index in [1.807, 2.05) is 35.0 Å². The number of anilines is 1. The fourth-order valence-corrected chi connectivity index (χ4v) is 3.10. The fraction of sp³-hybridized carbons (Fsp3) is 0.353. The summed E-state index contributed by atoms with van der Waals surface area (Å²) in [7, 11) is 0. The van der Waals surface area contributed by atoms with Crippen molar-refractivity contribution in [3.63, 3.8) is 0 Å². The zero-order chi connectivity index (χ0) is 15.6. The topological polar surface area (TPSA) is 75.3 Å². The SMILES string of the molecule is O[C@H]1CC[C@@H](Nc2ccc3ncc(-c4ccncc4)n3n2)CC1. The van der Waals surface area contributed by atoms with Crippen LogP contribution in [0.3, 0.4) is 0 Å². The molecule has 2 N–H and O–H groups in total. The van der Waals surface area contributed by atoms with Crippen molar-refractivity contribution in [1.29, 1.82) is 0 Å². The molecule has 0 bridgehead atoms. The smallest absolute Gasteiger partial charge is 0.154 e. The third kappa shape index (κ3) is 2.90. The molecule has 0 unspecified atom stereocenters. The Balaban J connectivity index is 1.62. The van der Waals surface area contributed by atoms with Crippen LogP contribution < -0.4 is 5.32 Å². The molecule has 0 saturated heterocycles. The summed E-state index contributed by atoms with van der Waals surface area (Å²) >= 11 is 0. The van der Waals surface area contributed by atoms with Gasteiger partial charge in [0, 0.05) is 24.0 Å². The van der Waals surface area contributed by atoms with Gasteiger partial charge in [-0.15, -0.1) is 5.10 Å². The molecule has 1 fully saturated rings. The van der Waals surface area contributed by atoms with E-state index >= 15 is 0 Å². The lowest BCUT2D eigenvalue weighted by Gasteiger charge is -2.26. The monoisotopic (exact) mass is 309 g/mol.